The average molecular weight is 237 g/mol. The van der Waals surface area contributed by atoms with Gasteiger partial charge in [0.15, 0.2) is 0 Å². The summed E-state index contributed by atoms with van der Waals surface area (Å²) in [6.45, 7) is 1.11. The van der Waals surface area contributed by atoms with Gasteiger partial charge in [-0.2, -0.15) is 0 Å². The number of carbonyl (C=O) groups is 1. The Morgan fingerprint density at radius 1 is 1.47 bits per heavy atom. The Kier molecular flexibility index (Phi) is 5.42. The van der Waals surface area contributed by atoms with Gasteiger partial charge >= 0.3 is 0 Å². The molecular formula is C12H19N3O2. The van der Waals surface area contributed by atoms with E-state index in [4.69, 9.17) is 4.74 Å². The number of amides is 1. The molecule has 1 aromatic heterocycles. The van der Waals surface area contributed by atoms with Gasteiger partial charge in [-0.05, 0) is 19.2 Å². The first-order valence-electron chi connectivity index (χ1n) is 5.56. The highest BCUT2D eigenvalue weighted by Gasteiger charge is 2.04. The van der Waals surface area contributed by atoms with Crippen molar-refractivity contribution in [3.05, 3.63) is 24.0 Å². The van der Waals surface area contributed by atoms with E-state index in [1.807, 2.05) is 19.2 Å². The molecule has 1 amide bonds. The average Bonchev–Trinajstić information content (AvgIpc) is 2.31. The van der Waals surface area contributed by atoms with Crippen LogP contribution in [0.4, 0.5) is 0 Å². The van der Waals surface area contributed by atoms with Crippen molar-refractivity contribution >= 4 is 5.91 Å². The van der Waals surface area contributed by atoms with Crippen molar-refractivity contribution in [1.29, 1.82) is 0 Å². The molecule has 0 aliphatic rings. The van der Waals surface area contributed by atoms with Crippen LogP contribution in [0.3, 0.4) is 0 Å². The molecule has 0 aliphatic carbocycles. The second kappa shape index (κ2) is 6.85. The maximum atomic E-state index is 11.3. The van der Waals surface area contributed by atoms with E-state index in [0.717, 1.165) is 12.2 Å². The third-order valence-corrected chi connectivity index (χ3v) is 2.24. The third kappa shape index (κ3) is 4.82. The van der Waals surface area contributed by atoms with E-state index in [2.05, 4.69) is 10.3 Å². The molecular weight excluding hydrogens is 218 g/mol. The molecule has 1 aromatic rings. The summed E-state index contributed by atoms with van der Waals surface area (Å²) < 4.78 is 5.43. The molecule has 1 N–H and O–H groups in total. The zero-order valence-electron chi connectivity index (χ0n) is 10.6. The molecule has 0 aromatic carbocycles. The summed E-state index contributed by atoms with van der Waals surface area (Å²) in [5.41, 5.74) is 0.962. The molecule has 5 heteroatoms. The van der Waals surface area contributed by atoms with Gasteiger partial charge < -0.3 is 15.0 Å². The highest BCUT2D eigenvalue weighted by Crippen LogP contribution is 2.09. The van der Waals surface area contributed by atoms with Crippen molar-refractivity contribution in [1.82, 2.24) is 15.2 Å². The van der Waals surface area contributed by atoms with Crippen LogP contribution in [0.25, 0.3) is 0 Å². The standard InChI is InChI=1S/C12H19N3O2/c1-13-8-10-4-5-11(9-14-10)17-7-6-12(16)15(2)3/h4-5,9,13H,6-8H2,1-3H3. The van der Waals surface area contributed by atoms with Crippen LogP contribution in [-0.2, 0) is 11.3 Å². The lowest BCUT2D eigenvalue weighted by Gasteiger charge is -2.10. The van der Waals surface area contributed by atoms with E-state index in [1.165, 1.54) is 0 Å². The fraction of sp³-hybridized carbons (Fsp3) is 0.500. The van der Waals surface area contributed by atoms with Crippen LogP contribution >= 0.6 is 0 Å². The number of aromatic nitrogens is 1. The SMILES string of the molecule is CNCc1ccc(OCCC(=O)N(C)C)cn1. The quantitative estimate of drug-likeness (QED) is 0.789. The maximum absolute atomic E-state index is 11.3. The van der Waals surface area contributed by atoms with Crippen molar-refractivity contribution in [2.75, 3.05) is 27.7 Å². The monoisotopic (exact) mass is 237 g/mol. The number of nitrogens with zero attached hydrogens (tertiary/aromatic N) is 2. The van der Waals surface area contributed by atoms with E-state index < -0.39 is 0 Å². The number of ether oxygens (including phenoxy) is 1. The molecule has 0 saturated carbocycles. The first kappa shape index (κ1) is 13.4. The van der Waals surface area contributed by atoms with E-state index in [1.54, 1.807) is 25.2 Å². The summed E-state index contributed by atoms with van der Waals surface area (Å²) in [6, 6.07) is 3.76. The van der Waals surface area contributed by atoms with Gasteiger partial charge in [0.1, 0.15) is 5.75 Å². The van der Waals surface area contributed by atoms with Crippen LogP contribution in [0.5, 0.6) is 5.75 Å². The number of hydrogen-bond donors (Lipinski definition) is 1. The molecule has 0 saturated heterocycles. The summed E-state index contributed by atoms with van der Waals surface area (Å²) in [5.74, 6) is 0.751. The lowest BCUT2D eigenvalue weighted by molar-refractivity contribution is -0.129. The molecule has 0 atom stereocenters. The van der Waals surface area contributed by atoms with Crippen LogP contribution in [0, 0.1) is 0 Å². The highest BCUT2D eigenvalue weighted by atomic mass is 16.5. The predicted octanol–water partition coefficient (Wildman–Crippen LogP) is 0.658. The summed E-state index contributed by atoms with van der Waals surface area (Å²) in [5, 5.41) is 3.02. The maximum Gasteiger partial charge on any atom is 0.225 e. The lowest BCUT2D eigenvalue weighted by atomic mass is 10.3. The molecule has 0 fully saturated rings. The van der Waals surface area contributed by atoms with E-state index in [0.29, 0.717) is 18.8 Å². The first-order chi connectivity index (χ1) is 8.13. The molecule has 0 aliphatic heterocycles. The molecule has 0 radical (unpaired) electrons. The number of carbonyl (C=O) groups excluding carboxylic acids is 1. The minimum atomic E-state index is 0.0600. The van der Waals surface area contributed by atoms with E-state index >= 15 is 0 Å². The van der Waals surface area contributed by atoms with Crippen molar-refractivity contribution in [2.45, 2.75) is 13.0 Å². The van der Waals surface area contributed by atoms with Crippen molar-refractivity contribution in [3.8, 4) is 5.75 Å². The van der Waals surface area contributed by atoms with Gasteiger partial charge in [0.2, 0.25) is 5.91 Å². The smallest absolute Gasteiger partial charge is 0.225 e. The third-order valence-electron chi connectivity index (χ3n) is 2.24. The minimum absolute atomic E-state index is 0.0600. The fourth-order valence-electron chi connectivity index (χ4n) is 1.26. The number of pyridine rings is 1. The van der Waals surface area contributed by atoms with Crippen LogP contribution in [-0.4, -0.2) is 43.5 Å². The summed E-state index contributed by atoms with van der Waals surface area (Å²) >= 11 is 0. The summed E-state index contributed by atoms with van der Waals surface area (Å²) in [4.78, 5) is 17.1. The van der Waals surface area contributed by atoms with Gasteiger partial charge in [0.05, 0.1) is 24.9 Å². The molecule has 0 unspecified atom stereocenters. The van der Waals surface area contributed by atoms with Crippen molar-refractivity contribution < 1.29 is 9.53 Å². The van der Waals surface area contributed by atoms with Crippen molar-refractivity contribution in [2.24, 2.45) is 0 Å². The molecule has 17 heavy (non-hydrogen) atoms. The fourth-order valence-corrected chi connectivity index (χ4v) is 1.26. The Labute approximate surface area is 102 Å². The lowest BCUT2D eigenvalue weighted by Crippen LogP contribution is -2.23. The summed E-state index contributed by atoms with van der Waals surface area (Å²) in [6.07, 6.45) is 2.05. The van der Waals surface area contributed by atoms with Crippen LogP contribution in [0.1, 0.15) is 12.1 Å². The topological polar surface area (TPSA) is 54.5 Å². The minimum Gasteiger partial charge on any atom is -0.491 e. The second-order valence-electron chi connectivity index (χ2n) is 3.90. The Balaban J connectivity index is 2.34. The largest absolute Gasteiger partial charge is 0.491 e. The van der Waals surface area contributed by atoms with Crippen LogP contribution in [0.15, 0.2) is 18.3 Å². The Morgan fingerprint density at radius 2 is 2.24 bits per heavy atom. The Hall–Kier alpha value is -1.62. The number of nitrogens with one attached hydrogen (secondary N) is 1. The van der Waals surface area contributed by atoms with Crippen LogP contribution in [0.2, 0.25) is 0 Å². The first-order valence-corrected chi connectivity index (χ1v) is 5.56. The zero-order chi connectivity index (χ0) is 12.7. The van der Waals surface area contributed by atoms with E-state index in [-0.39, 0.29) is 5.91 Å². The predicted molar refractivity (Wildman–Crippen MR) is 65.8 cm³/mol. The number of rotatable bonds is 6. The van der Waals surface area contributed by atoms with E-state index in [9.17, 15) is 4.79 Å². The van der Waals surface area contributed by atoms with Crippen LogP contribution < -0.4 is 10.1 Å². The molecule has 5 nitrogen and oxygen atoms in total. The highest BCUT2D eigenvalue weighted by molar-refractivity contribution is 5.75. The molecule has 1 heterocycles. The second-order valence-corrected chi connectivity index (χ2v) is 3.90. The Morgan fingerprint density at radius 3 is 2.76 bits per heavy atom. The molecule has 0 spiro atoms. The molecule has 0 bridgehead atoms. The summed E-state index contributed by atoms with van der Waals surface area (Å²) in [7, 11) is 5.34. The normalized spacial score (nSPS) is 10.1. The van der Waals surface area contributed by atoms with Gasteiger partial charge in [-0.3, -0.25) is 9.78 Å². The van der Waals surface area contributed by atoms with Gasteiger partial charge in [-0.1, -0.05) is 0 Å². The number of hydrogen-bond acceptors (Lipinski definition) is 4. The van der Waals surface area contributed by atoms with Gasteiger partial charge in [-0.15, -0.1) is 0 Å². The van der Waals surface area contributed by atoms with Gasteiger partial charge in [0, 0.05) is 20.6 Å². The Bertz CT molecular complexity index is 349. The molecule has 94 valence electrons. The zero-order valence-corrected chi connectivity index (χ0v) is 10.6. The van der Waals surface area contributed by atoms with Gasteiger partial charge in [-0.25, -0.2) is 0 Å². The molecule has 1 rings (SSSR count). The van der Waals surface area contributed by atoms with Crippen molar-refractivity contribution in [3.63, 3.8) is 0 Å². The van der Waals surface area contributed by atoms with Gasteiger partial charge in [0.25, 0.3) is 0 Å².